The molecule has 0 aromatic heterocycles. The van der Waals surface area contributed by atoms with Crippen LogP contribution >= 0.6 is 0 Å². The molecule has 0 amide bonds. The van der Waals surface area contributed by atoms with E-state index in [1.807, 2.05) is 6.92 Å². The molecule has 346 valence electrons. The van der Waals surface area contributed by atoms with Crippen LogP contribution in [0.1, 0.15) is 97.8 Å². The third-order valence-electron chi connectivity index (χ3n) is 10.4. The van der Waals surface area contributed by atoms with Crippen molar-refractivity contribution in [1.82, 2.24) is 0 Å². The highest BCUT2D eigenvalue weighted by Crippen LogP contribution is 2.27. The minimum absolute atomic E-state index is 0.0133. The lowest BCUT2D eigenvalue weighted by atomic mass is 9.91. The maximum atomic E-state index is 13.2. The zero-order valence-corrected chi connectivity index (χ0v) is 34.6. The average molecular weight is 854 g/mol. The molecular formula is C41H75NO17. The monoisotopic (exact) mass is 854 g/mol. The number of aliphatic hydroxyl groups is 14. The molecule has 0 aliphatic carbocycles. The number of aliphatic hydroxyl groups excluding tert-OH is 14. The Labute approximate surface area is 347 Å². The van der Waals surface area contributed by atoms with Gasteiger partial charge in [0.05, 0.1) is 73.2 Å². The summed E-state index contributed by atoms with van der Waals surface area (Å²) in [6, 6.07) is 0. The molecular weight excluding hydrogens is 778 g/mol. The second kappa shape index (κ2) is 29.5. The van der Waals surface area contributed by atoms with Crippen LogP contribution in [0.15, 0.2) is 36.5 Å². The van der Waals surface area contributed by atoms with Crippen molar-refractivity contribution in [3.63, 3.8) is 0 Å². The van der Waals surface area contributed by atoms with E-state index in [2.05, 4.69) is 0 Å². The second-order valence-corrected chi connectivity index (χ2v) is 16.0. The van der Waals surface area contributed by atoms with Crippen molar-refractivity contribution in [1.29, 1.82) is 0 Å². The summed E-state index contributed by atoms with van der Waals surface area (Å²) in [6.07, 6.45) is -12.8. The van der Waals surface area contributed by atoms with Crippen molar-refractivity contribution in [3.05, 3.63) is 36.5 Å². The Balaban J connectivity index is 2.53. The van der Waals surface area contributed by atoms with Gasteiger partial charge in [0, 0.05) is 31.6 Å². The summed E-state index contributed by atoms with van der Waals surface area (Å²) in [4.78, 5) is 13.2. The molecule has 1 aliphatic rings. The van der Waals surface area contributed by atoms with Crippen LogP contribution in [-0.2, 0) is 14.3 Å². The molecule has 16 N–H and O–H groups in total. The number of hydrogen-bond acceptors (Lipinski definition) is 18. The number of carbonyl (C=O) groups is 1. The highest BCUT2D eigenvalue weighted by molar-refractivity contribution is 5.81. The molecule has 18 nitrogen and oxygen atoms in total. The number of ketones is 1. The Morgan fingerprint density at radius 2 is 1.22 bits per heavy atom. The maximum Gasteiger partial charge on any atom is 0.186 e. The third kappa shape index (κ3) is 22.2. The van der Waals surface area contributed by atoms with Gasteiger partial charge in [-0.1, -0.05) is 43.4 Å². The van der Waals surface area contributed by atoms with Crippen molar-refractivity contribution < 1.29 is 85.8 Å². The van der Waals surface area contributed by atoms with Crippen LogP contribution < -0.4 is 5.73 Å². The standard InChI is InChI=1S/C41H75NO17/c1-4-5-6-7-13-36(59-41-40(57)39(56)37(54)24(3)58-41)23(2)33(51)20-31(49)18-28(46)15-25(43)10-8-11-26(44)16-29(47)19-32(50)22-35(53)38(55)34(52)21-30(48)17-27(45)12-9-14-42/h4-8,10,23-32,34-41,43-50,52-57H,9,11-22,42H2,1-3H3/b5-4+,7-6+,10-8+. The minimum atomic E-state index is -1.72. The summed E-state index contributed by atoms with van der Waals surface area (Å²) in [7, 11) is 0. The van der Waals surface area contributed by atoms with E-state index in [4.69, 9.17) is 15.2 Å². The van der Waals surface area contributed by atoms with Crippen LogP contribution in [0.2, 0.25) is 0 Å². The molecule has 18 unspecified atom stereocenters. The molecule has 18 atom stereocenters. The van der Waals surface area contributed by atoms with Crippen LogP contribution in [0.3, 0.4) is 0 Å². The smallest absolute Gasteiger partial charge is 0.186 e. The molecule has 0 aromatic rings. The summed E-state index contributed by atoms with van der Waals surface area (Å²) in [6.45, 7) is 5.28. The van der Waals surface area contributed by atoms with Crippen molar-refractivity contribution in [2.75, 3.05) is 6.54 Å². The molecule has 1 aliphatic heterocycles. The van der Waals surface area contributed by atoms with Crippen LogP contribution in [0.25, 0.3) is 0 Å². The Hall–Kier alpha value is -1.79. The number of nitrogens with two attached hydrogens (primary N) is 1. The summed E-state index contributed by atoms with van der Waals surface area (Å²) >= 11 is 0. The summed E-state index contributed by atoms with van der Waals surface area (Å²) in [5.41, 5.74) is 5.39. The Morgan fingerprint density at radius 1 is 0.678 bits per heavy atom. The van der Waals surface area contributed by atoms with Gasteiger partial charge in [-0.3, -0.25) is 4.79 Å². The van der Waals surface area contributed by atoms with Gasteiger partial charge < -0.3 is 86.7 Å². The fourth-order valence-corrected chi connectivity index (χ4v) is 6.84. The van der Waals surface area contributed by atoms with Gasteiger partial charge in [0.2, 0.25) is 0 Å². The molecule has 0 saturated carbocycles. The fraction of sp³-hybridized carbons (Fsp3) is 0.829. The van der Waals surface area contributed by atoms with Gasteiger partial charge in [0.25, 0.3) is 0 Å². The molecule has 1 fully saturated rings. The quantitative estimate of drug-likeness (QED) is 0.0258. The lowest BCUT2D eigenvalue weighted by Gasteiger charge is -2.41. The molecule has 0 aromatic carbocycles. The lowest BCUT2D eigenvalue weighted by Crippen LogP contribution is -2.58. The topological polar surface area (TPSA) is 345 Å². The largest absolute Gasteiger partial charge is 0.393 e. The van der Waals surface area contributed by atoms with E-state index >= 15 is 0 Å². The number of Topliss-reactive ketones (excluding diaryl/α,β-unsaturated/α-hetero) is 1. The summed E-state index contributed by atoms with van der Waals surface area (Å²) in [5.74, 6) is -1.24. The van der Waals surface area contributed by atoms with Gasteiger partial charge in [-0.2, -0.15) is 0 Å². The van der Waals surface area contributed by atoms with E-state index in [9.17, 15) is 76.3 Å². The molecule has 0 bridgehead atoms. The van der Waals surface area contributed by atoms with Crippen LogP contribution in [0.5, 0.6) is 0 Å². The van der Waals surface area contributed by atoms with Gasteiger partial charge in [-0.25, -0.2) is 0 Å². The first kappa shape index (κ1) is 55.2. The van der Waals surface area contributed by atoms with E-state index in [-0.39, 0.29) is 57.8 Å². The predicted octanol–water partition coefficient (Wildman–Crippen LogP) is -2.30. The van der Waals surface area contributed by atoms with Crippen molar-refractivity contribution in [2.45, 2.75) is 202 Å². The first-order valence-corrected chi connectivity index (χ1v) is 20.7. The third-order valence-corrected chi connectivity index (χ3v) is 10.4. The molecule has 0 spiro atoms. The molecule has 59 heavy (non-hydrogen) atoms. The SMILES string of the molecule is C/C=C/C=C/CC(OC1OC(C)C(O)C(O)C1O)C(C)C(=O)CC(O)CC(O)CC(O)/C=C/CC(O)CC(O)CC(O)CC(O)C(O)C(O)CC(O)CC(O)CCCN. The fourth-order valence-electron chi connectivity index (χ4n) is 6.84. The van der Waals surface area contributed by atoms with Gasteiger partial charge in [0.15, 0.2) is 6.29 Å². The van der Waals surface area contributed by atoms with Gasteiger partial charge in [-0.15, -0.1) is 0 Å². The number of ether oxygens (including phenoxy) is 2. The Morgan fingerprint density at radius 3 is 1.81 bits per heavy atom. The van der Waals surface area contributed by atoms with Gasteiger partial charge >= 0.3 is 0 Å². The number of hydrogen-bond donors (Lipinski definition) is 15. The summed E-state index contributed by atoms with van der Waals surface area (Å²) < 4.78 is 11.5. The molecule has 1 heterocycles. The van der Waals surface area contributed by atoms with E-state index in [1.165, 1.54) is 19.1 Å². The number of carbonyl (C=O) groups excluding carboxylic acids is 1. The molecule has 18 heteroatoms. The molecule has 1 rings (SSSR count). The van der Waals surface area contributed by atoms with E-state index in [1.54, 1.807) is 31.2 Å². The summed E-state index contributed by atoms with van der Waals surface area (Å²) in [5, 5.41) is 144. The highest BCUT2D eigenvalue weighted by Gasteiger charge is 2.44. The van der Waals surface area contributed by atoms with Gasteiger partial charge in [-0.05, 0) is 71.8 Å². The van der Waals surface area contributed by atoms with Crippen molar-refractivity contribution >= 4 is 5.78 Å². The van der Waals surface area contributed by atoms with Crippen LogP contribution in [0, 0.1) is 5.92 Å². The minimum Gasteiger partial charge on any atom is -0.393 e. The Kier molecular flexibility index (Phi) is 27.6. The van der Waals surface area contributed by atoms with Crippen molar-refractivity contribution in [3.8, 4) is 0 Å². The number of allylic oxidation sites excluding steroid dienone is 3. The van der Waals surface area contributed by atoms with Crippen molar-refractivity contribution in [2.24, 2.45) is 11.7 Å². The first-order chi connectivity index (χ1) is 27.7. The number of rotatable bonds is 31. The zero-order chi connectivity index (χ0) is 44.8. The van der Waals surface area contributed by atoms with Gasteiger partial charge in [0.1, 0.15) is 30.2 Å². The normalized spacial score (nSPS) is 27.2. The lowest BCUT2D eigenvalue weighted by molar-refractivity contribution is -0.306. The van der Waals surface area contributed by atoms with E-state index in [0.717, 1.165) is 0 Å². The van der Waals surface area contributed by atoms with E-state index < -0.39 is 122 Å². The highest BCUT2D eigenvalue weighted by atomic mass is 16.7. The zero-order valence-electron chi connectivity index (χ0n) is 34.6. The first-order valence-electron chi connectivity index (χ1n) is 20.7. The average Bonchev–Trinajstić information content (AvgIpc) is 3.14. The molecule has 1 saturated heterocycles. The maximum absolute atomic E-state index is 13.2. The van der Waals surface area contributed by atoms with Crippen LogP contribution in [-0.4, -0.2) is 188 Å². The predicted molar refractivity (Wildman–Crippen MR) is 215 cm³/mol. The Bertz CT molecular complexity index is 1210. The van der Waals surface area contributed by atoms with Crippen LogP contribution in [0.4, 0.5) is 0 Å². The van der Waals surface area contributed by atoms with E-state index in [0.29, 0.717) is 19.4 Å². The molecule has 0 radical (unpaired) electrons. The second-order valence-electron chi connectivity index (χ2n) is 16.0.